The number of nitrogens with one attached hydrogen (secondary N) is 1. The maximum Gasteiger partial charge on any atom is 0.265 e. The fraction of sp³-hybridized carbons (Fsp3) is 0.381. The van der Waals surface area contributed by atoms with Gasteiger partial charge in [-0.15, -0.1) is 0 Å². The minimum atomic E-state index is -3.98. The third-order valence-corrected chi connectivity index (χ3v) is 7.87. The van der Waals surface area contributed by atoms with Gasteiger partial charge in [-0.25, -0.2) is 8.42 Å². The third-order valence-electron chi connectivity index (χ3n) is 5.19. The Morgan fingerprint density at radius 1 is 1.10 bits per heavy atom. The molecule has 5 nitrogen and oxygen atoms in total. The van der Waals surface area contributed by atoms with Gasteiger partial charge in [0.15, 0.2) is 0 Å². The van der Waals surface area contributed by atoms with Crippen LogP contribution in [0.1, 0.15) is 43.0 Å². The normalized spacial score (nSPS) is 14.7. The predicted molar refractivity (Wildman–Crippen MR) is 117 cm³/mol. The summed E-state index contributed by atoms with van der Waals surface area (Å²) in [5.41, 5.74) is 0.630. The SMILES string of the molecule is CCN(c1ccccc1)S(=O)(=O)c1cc(C(=O)NCC2CCCC2)c(Cl)cc1Cl. The maximum atomic E-state index is 13.3. The molecule has 1 N–H and O–H groups in total. The van der Waals surface area contributed by atoms with Crippen molar-refractivity contribution in [3.05, 3.63) is 58.1 Å². The molecule has 0 aromatic heterocycles. The highest BCUT2D eigenvalue weighted by atomic mass is 35.5. The fourth-order valence-electron chi connectivity index (χ4n) is 3.65. The lowest BCUT2D eigenvalue weighted by Crippen LogP contribution is -2.32. The second-order valence-electron chi connectivity index (χ2n) is 7.13. The Bertz CT molecular complexity index is 975. The van der Waals surface area contributed by atoms with Crippen LogP contribution < -0.4 is 9.62 Å². The molecule has 0 heterocycles. The quantitative estimate of drug-likeness (QED) is 0.630. The number of amides is 1. The summed E-state index contributed by atoms with van der Waals surface area (Å²) in [5, 5.41) is 2.99. The van der Waals surface area contributed by atoms with Crippen molar-refractivity contribution in [2.45, 2.75) is 37.5 Å². The van der Waals surface area contributed by atoms with Crippen LogP contribution in [0.3, 0.4) is 0 Å². The molecule has 1 amide bonds. The highest BCUT2D eigenvalue weighted by Crippen LogP contribution is 2.33. The van der Waals surface area contributed by atoms with Gasteiger partial charge in [-0.1, -0.05) is 54.2 Å². The van der Waals surface area contributed by atoms with Gasteiger partial charge in [0.1, 0.15) is 4.90 Å². The van der Waals surface area contributed by atoms with E-state index >= 15 is 0 Å². The Morgan fingerprint density at radius 2 is 1.76 bits per heavy atom. The number of carbonyl (C=O) groups excluding carboxylic acids is 1. The van der Waals surface area contributed by atoms with Crippen LogP contribution in [-0.4, -0.2) is 27.4 Å². The second kappa shape index (κ2) is 9.37. The van der Waals surface area contributed by atoms with Crippen LogP contribution >= 0.6 is 23.2 Å². The lowest BCUT2D eigenvalue weighted by Gasteiger charge is -2.24. The summed E-state index contributed by atoms with van der Waals surface area (Å²) in [6, 6.07) is 11.3. The first-order chi connectivity index (χ1) is 13.8. The van der Waals surface area contributed by atoms with Crippen LogP contribution in [0, 0.1) is 5.92 Å². The molecular weight excluding hydrogens is 431 g/mol. The van der Waals surface area contributed by atoms with E-state index in [-0.39, 0.29) is 27.0 Å². The van der Waals surface area contributed by atoms with Crippen molar-refractivity contribution in [2.75, 3.05) is 17.4 Å². The van der Waals surface area contributed by atoms with Crippen LogP contribution in [0.15, 0.2) is 47.4 Å². The number of para-hydroxylation sites is 1. The lowest BCUT2D eigenvalue weighted by atomic mass is 10.1. The van der Waals surface area contributed by atoms with Gasteiger partial charge in [0.2, 0.25) is 0 Å². The summed E-state index contributed by atoms with van der Waals surface area (Å²) < 4.78 is 27.9. The number of hydrogen-bond donors (Lipinski definition) is 1. The van der Waals surface area contributed by atoms with E-state index < -0.39 is 15.9 Å². The predicted octanol–water partition coefficient (Wildman–Crippen LogP) is 5.13. The Morgan fingerprint density at radius 3 is 2.38 bits per heavy atom. The van der Waals surface area contributed by atoms with Crippen LogP contribution in [0.25, 0.3) is 0 Å². The van der Waals surface area contributed by atoms with Crippen molar-refractivity contribution >= 4 is 44.8 Å². The van der Waals surface area contributed by atoms with E-state index in [2.05, 4.69) is 5.32 Å². The van der Waals surface area contributed by atoms with Crippen molar-refractivity contribution < 1.29 is 13.2 Å². The zero-order valence-electron chi connectivity index (χ0n) is 16.2. The molecule has 0 atom stereocenters. The zero-order valence-corrected chi connectivity index (χ0v) is 18.5. The molecule has 29 heavy (non-hydrogen) atoms. The second-order valence-corrected chi connectivity index (χ2v) is 9.77. The molecular formula is C21H24Cl2N2O3S. The number of halogens is 2. The molecule has 0 radical (unpaired) electrons. The third kappa shape index (κ3) is 4.87. The van der Waals surface area contributed by atoms with Crippen LogP contribution in [0.5, 0.6) is 0 Å². The van der Waals surface area contributed by atoms with Crippen molar-refractivity contribution in [2.24, 2.45) is 5.92 Å². The van der Waals surface area contributed by atoms with E-state index in [1.807, 2.05) is 6.07 Å². The first-order valence-electron chi connectivity index (χ1n) is 9.69. The molecule has 0 saturated heterocycles. The molecule has 2 aromatic carbocycles. The summed E-state index contributed by atoms with van der Waals surface area (Å²) in [6.07, 6.45) is 4.54. The smallest absolute Gasteiger partial charge is 0.265 e. The molecule has 8 heteroatoms. The number of benzene rings is 2. The van der Waals surface area contributed by atoms with E-state index in [9.17, 15) is 13.2 Å². The Labute approximate surface area is 182 Å². The highest BCUT2D eigenvalue weighted by molar-refractivity contribution is 7.93. The molecule has 0 unspecified atom stereocenters. The molecule has 2 aromatic rings. The van der Waals surface area contributed by atoms with Crippen LogP contribution in [-0.2, 0) is 10.0 Å². The summed E-state index contributed by atoms with van der Waals surface area (Å²) in [7, 11) is -3.98. The molecule has 3 rings (SSSR count). The molecule has 1 aliphatic carbocycles. The summed E-state index contributed by atoms with van der Waals surface area (Å²) in [4.78, 5) is 12.5. The number of anilines is 1. The molecule has 0 spiro atoms. The van der Waals surface area contributed by atoms with Crippen LogP contribution in [0.4, 0.5) is 5.69 Å². The van der Waals surface area contributed by atoms with Gasteiger partial charge in [-0.05, 0) is 49.9 Å². The average molecular weight is 455 g/mol. The van der Waals surface area contributed by atoms with E-state index in [1.54, 1.807) is 31.2 Å². The Hall–Kier alpha value is -1.76. The van der Waals surface area contributed by atoms with Crippen molar-refractivity contribution in [1.82, 2.24) is 5.32 Å². The molecule has 1 fully saturated rings. The molecule has 1 saturated carbocycles. The molecule has 0 bridgehead atoms. The van der Waals surface area contributed by atoms with Crippen molar-refractivity contribution in [3.63, 3.8) is 0 Å². The average Bonchev–Trinajstić information content (AvgIpc) is 3.21. The Kier molecular flexibility index (Phi) is 7.09. The van der Waals surface area contributed by atoms with E-state index in [0.29, 0.717) is 18.2 Å². The largest absolute Gasteiger partial charge is 0.352 e. The topological polar surface area (TPSA) is 66.5 Å². The summed E-state index contributed by atoms with van der Waals surface area (Å²) >= 11 is 12.5. The van der Waals surface area contributed by atoms with E-state index in [0.717, 1.165) is 12.8 Å². The first-order valence-corrected chi connectivity index (χ1v) is 11.9. The number of hydrogen-bond acceptors (Lipinski definition) is 3. The van der Waals surface area contributed by atoms with Crippen molar-refractivity contribution in [1.29, 1.82) is 0 Å². The number of sulfonamides is 1. The minimum Gasteiger partial charge on any atom is -0.352 e. The van der Waals surface area contributed by atoms with Gasteiger partial charge < -0.3 is 5.32 Å². The van der Waals surface area contributed by atoms with E-state index in [4.69, 9.17) is 23.2 Å². The molecule has 1 aliphatic rings. The number of carbonyl (C=O) groups is 1. The summed E-state index contributed by atoms with van der Waals surface area (Å²) in [6.45, 7) is 2.52. The van der Waals surface area contributed by atoms with Crippen LogP contribution in [0.2, 0.25) is 10.0 Å². The highest BCUT2D eigenvalue weighted by Gasteiger charge is 2.28. The van der Waals surface area contributed by atoms with Crippen molar-refractivity contribution in [3.8, 4) is 0 Å². The lowest BCUT2D eigenvalue weighted by molar-refractivity contribution is 0.0947. The molecule has 156 valence electrons. The zero-order chi connectivity index (χ0) is 21.0. The van der Waals surface area contributed by atoms with E-state index in [1.165, 1.54) is 29.3 Å². The number of rotatable bonds is 7. The van der Waals surface area contributed by atoms with Gasteiger partial charge in [-0.2, -0.15) is 0 Å². The first kappa shape index (κ1) is 21.9. The van der Waals surface area contributed by atoms with Gasteiger partial charge in [0.05, 0.1) is 21.3 Å². The van der Waals surface area contributed by atoms with Gasteiger partial charge in [0, 0.05) is 13.1 Å². The summed E-state index contributed by atoms with van der Waals surface area (Å²) in [5.74, 6) is 0.0691. The molecule has 0 aliphatic heterocycles. The fourth-order valence-corrected chi connectivity index (χ4v) is 5.96. The maximum absolute atomic E-state index is 13.3. The Balaban J connectivity index is 1.92. The van der Waals surface area contributed by atoms with Gasteiger partial charge in [0.25, 0.3) is 15.9 Å². The van der Waals surface area contributed by atoms with Gasteiger partial charge in [-0.3, -0.25) is 9.10 Å². The monoisotopic (exact) mass is 454 g/mol. The minimum absolute atomic E-state index is 0.0169. The van der Waals surface area contributed by atoms with Gasteiger partial charge >= 0.3 is 0 Å². The standard InChI is InChI=1S/C21H24Cl2N2O3S/c1-2-25(16-10-4-3-5-11-16)29(27,28)20-12-17(18(22)13-19(20)23)21(26)24-14-15-8-6-7-9-15/h3-5,10-13,15H,2,6-9,14H2,1H3,(H,24,26). The number of nitrogens with zero attached hydrogens (tertiary/aromatic N) is 1.